The van der Waals surface area contributed by atoms with E-state index in [2.05, 4.69) is 10.2 Å². The highest BCUT2D eigenvalue weighted by Gasteiger charge is 2.55. The van der Waals surface area contributed by atoms with Gasteiger partial charge in [0.2, 0.25) is 0 Å². The lowest BCUT2D eigenvalue weighted by atomic mass is 9.95. The van der Waals surface area contributed by atoms with Crippen LogP contribution in [0.1, 0.15) is 64.2 Å². The monoisotopic (exact) mass is 240 g/mol. The first-order valence-corrected chi connectivity index (χ1v) is 7.79. The summed E-state index contributed by atoms with van der Waals surface area (Å²) in [6, 6.07) is 0. The summed E-state index contributed by atoms with van der Waals surface area (Å²) in [6.45, 7) is 0. The first-order chi connectivity index (χ1) is 7.78. The molecule has 2 saturated carbocycles. The molecule has 0 amide bonds. The third-order valence-electron chi connectivity index (χ3n) is 4.37. The van der Waals surface area contributed by atoms with Crippen LogP contribution in [0.2, 0.25) is 0 Å². The van der Waals surface area contributed by atoms with Crippen molar-refractivity contribution in [2.75, 3.05) is 0 Å². The normalized spacial score (nSPS) is 32.5. The molecule has 0 bridgehead atoms. The minimum atomic E-state index is -0.846. The second kappa shape index (κ2) is 3.90. The van der Waals surface area contributed by atoms with Crippen molar-refractivity contribution in [3.8, 4) is 0 Å². The van der Waals surface area contributed by atoms with Crippen LogP contribution in [0.4, 0.5) is 0 Å². The molecule has 0 atom stereocenters. The molecule has 0 saturated heterocycles. The van der Waals surface area contributed by atoms with Gasteiger partial charge in [-0.2, -0.15) is 10.2 Å². The topological polar surface area (TPSA) is 41.8 Å². The van der Waals surface area contributed by atoms with Crippen LogP contribution in [0, 0.1) is 0 Å². The lowest BCUT2D eigenvalue weighted by Crippen LogP contribution is -2.42. The standard InChI is InChI=1S/C12H20N2OS/c15-16-11(7-3-1-4-8-11)13-14-12(16)9-5-2-6-10-12/h1-10H2. The Hall–Kier alpha value is -0.250. The summed E-state index contributed by atoms with van der Waals surface area (Å²) in [4.78, 5) is -0.537. The third-order valence-corrected chi connectivity index (χ3v) is 6.73. The molecule has 0 aromatic carbocycles. The Morgan fingerprint density at radius 3 is 1.44 bits per heavy atom. The van der Waals surface area contributed by atoms with Crippen LogP contribution in [-0.4, -0.2) is 14.0 Å². The van der Waals surface area contributed by atoms with Gasteiger partial charge in [0, 0.05) is 0 Å². The van der Waals surface area contributed by atoms with E-state index in [9.17, 15) is 4.21 Å². The van der Waals surface area contributed by atoms with Crippen LogP contribution in [0.5, 0.6) is 0 Å². The summed E-state index contributed by atoms with van der Waals surface area (Å²) < 4.78 is 12.8. The van der Waals surface area contributed by atoms with Crippen LogP contribution >= 0.6 is 0 Å². The summed E-state index contributed by atoms with van der Waals surface area (Å²) in [7, 11) is -0.846. The smallest absolute Gasteiger partial charge is 0.158 e. The number of hydrogen-bond donors (Lipinski definition) is 0. The lowest BCUT2D eigenvalue weighted by Gasteiger charge is -2.34. The van der Waals surface area contributed by atoms with Gasteiger partial charge in [0.15, 0.2) is 9.74 Å². The van der Waals surface area contributed by atoms with Crippen molar-refractivity contribution in [3.63, 3.8) is 0 Å². The van der Waals surface area contributed by atoms with Gasteiger partial charge in [-0.15, -0.1) is 0 Å². The van der Waals surface area contributed by atoms with Crippen LogP contribution in [0.15, 0.2) is 10.2 Å². The third kappa shape index (κ3) is 1.49. The Labute approximate surface area is 99.6 Å². The molecule has 0 aromatic rings. The van der Waals surface area contributed by atoms with Gasteiger partial charge < -0.3 is 0 Å². The van der Waals surface area contributed by atoms with E-state index in [-0.39, 0.29) is 9.74 Å². The summed E-state index contributed by atoms with van der Waals surface area (Å²) in [6.07, 6.45) is 11.3. The molecule has 2 aliphatic carbocycles. The SMILES string of the molecule is O=S1C2(CCCCC2)N=NC12CCCCC2. The van der Waals surface area contributed by atoms with E-state index in [1.54, 1.807) is 0 Å². The Morgan fingerprint density at radius 2 is 1.06 bits per heavy atom. The molecule has 3 rings (SSSR count). The van der Waals surface area contributed by atoms with Gasteiger partial charge in [0.25, 0.3) is 0 Å². The summed E-state index contributed by atoms with van der Waals surface area (Å²) in [5.41, 5.74) is 0. The second-order valence-electron chi connectivity index (χ2n) is 5.48. The first kappa shape index (κ1) is 10.9. The molecule has 3 aliphatic rings. The van der Waals surface area contributed by atoms with E-state index >= 15 is 0 Å². The van der Waals surface area contributed by atoms with Crippen molar-refractivity contribution in [2.45, 2.75) is 74.0 Å². The Bertz CT molecular complexity index is 298. The molecular formula is C12H20N2OS. The molecule has 0 N–H and O–H groups in total. The molecule has 2 fully saturated rings. The zero-order chi connectivity index (χ0) is 11.1. The summed E-state index contributed by atoms with van der Waals surface area (Å²) in [5, 5.41) is 9.02. The molecule has 4 heteroatoms. The van der Waals surface area contributed by atoms with E-state index in [0.29, 0.717) is 0 Å². The average molecular weight is 240 g/mol. The van der Waals surface area contributed by atoms with Crippen molar-refractivity contribution in [1.29, 1.82) is 0 Å². The van der Waals surface area contributed by atoms with E-state index in [4.69, 9.17) is 0 Å². The Kier molecular flexibility index (Phi) is 2.65. The quantitative estimate of drug-likeness (QED) is 0.638. The highest BCUT2D eigenvalue weighted by atomic mass is 32.2. The molecule has 1 aliphatic heterocycles. The van der Waals surface area contributed by atoms with Crippen molar-refractivity contribution in [2.24, 2.45) is 10.2 Å². The van der Waals surface area contributed by atoms with Crippen molar-refractivity contribution in [1.82, 2.24) is 0 Å². The van der Waals surface area contributed by atoms with Crippen LogP contribution in [-0.2, 0) is 10.8 Å². The van der Waals surface area contributed by atoms with E-state index in [1.165, 1.54) is 38.5 Å². The predicted molar refractivity (Wildman–Crippen MR) is 64.6 cm³/mol. The van der Waals surface area contributed by atoms with Gasteiger partial charge in [0.1, 0.15) is 0 Å². The molecule has 0 unspecified atom stereocenters. The highest BCUT2D eigenvalue weighted by molar-refractivity contribution is 7.88. The molecule has 0 radical (unpaired) electrons. The molecule has 0 aromatic heterocycles. The molecule has 90 valence electrons. The fourth-order valence-electron chi connectivity index (χ4n) is 3.39. The Morgan fingerprint density at radius 1 is 0.688 bits per heavy atom. The Balaban J connectivity index is 1.86. The maximum Gasteiger partial charge on any atom is 0.158 e. The zero-order valence-corrected chi connectivity index (χ0v) is 10.6. The number of nitrogens with zero attached hydrogens (tertiary/aromatic N) is 2. The van der Waals surface area contributed by atoms with Crippen molar-refractivity contribution >= 4 is 10.8 Å². The van der Waals surface area contributed by atoms with Crippen molar-refractivity contribution < 1.29 is 4.21 Å². The van der Waals surface area contributed by atoms with Crippen molar-refractivity contribution in [3.05, 3.63) is 0 Å². The molecule has 1 heterocycles. The fraction of sp³-hybridized carbons (Fsp3) is 1.00. The lowest BCUT2D eigenvalue weighted by molar-refractivity contribution is 0.390. The molecule has 3 nitrogen and oxygen atoms in total. The van der Waals surface area contributed by atoms with Gasteiger partial charge in [-0.05, 0) is 51.4 Å². The molecule has 2 spiro atoms. The van der Waals surface area contributed by atoms with Gasteiger partial charge in [-0.25, -0.2) is 0 Å². The maximum atomic E-state index is 12.8. The summed E-state index contributed by atoms with van der Waals surface area (Å²) in [5.74, 6) is 0. The number of hydrogen-bond acceptors (Lipinski definition) is 3. The molecule has 16 heavy (non-hydrogen) atoms. The van der Waals surface area contributed by atoms with Crippen LogP contribution < -0.4 is 0 Å². The highest BCUT2D eigenvalue weighted by Crippen LogP contribution is 2.50. The maximum absolute atomic E-state index is 12.8. The predicted octanol–water partition coefficient (Wildman–Crippen LogP) is 3.52. The summed E-state index contributed by atoms with van der Waals surface area (Å²) >= 11 is 0. The van der Waals surface area contributed by atoms with Gasteiger partial charge in [0.05, 0.1) is 10.8 Å². The van der Waals surface area contributed by atoms with Gasteiger partial charge in [-0.3, -0.25) is 4.21 Å². The van der Waals surface area contributed by atoms with E-state index < -0.39 is 10.8 Å². The fourth-order valence-corrected chi connectivity index (χ4v) is 5.65. The second-order valence-corrected chi connectivity index (χ2v) is 7.54. The molecular weight excluding hydrogens is 220 g/mol. The average Bonchev–Trinajstić information content (AvgIpc) is 2.59. The zero-order valence-electron chi connectivity index (χ0n) is 9.78. The minimum Gasteiger partial charge on any atom is -0.254 e. The van der Waals surface area contributed by atoms with Crippen LogP contribution in [0.25, 0.3) is 0 Å². The van der Waals surface area contributed by atoms with Gasteiger partial charge in [-0.1, -0.05) is 12.8 Å². The van der Waals surface area contributed by atoms with Crippen LogP contribution in [0.3, 0.4) is 0 Å². The number of azo groups is 1. The first-order valence-electron chi connectivity index (χ1n) is 6.64. The minimum absolute atomic E-state index is 0.268. The number of rotatable bonds is 0. The van der Waals surface area contributed by atoms with E-state index in [1.807, 2.05) is 0 Å². The largest absolute Gasteiger partial charge is 0.254 e. The van der Waals surface area contributed by atoms with E-state index in [0.717, 1.165) is 25.7 Å². The van der Waals surface area contributed by atoms with Gasteiger partial charge >= 0.3 is 0 Å².